The van der Waals surface area contributed by atoms with Gasteiger partial charge in [-0.15, -0.1) is 0 Å². The molecule has 0 aliphatic heterocycles. The van der Waals surface area contributed by atoms with Crippen molar-refractivity contribution in [2.24, 2.45) is 0 Å². The largest absolute Gasteiger partial charge is 0.550 e. The predicted molar refractivity (Wildman–Crippen MR) is 48.3 cm³/mol. The summed E-state index contributed by atoms with van der Waals surface area (Å²) in [5, 5.41) is 8.89. The highest BCUT2D eigenvalue weighted by Crippen LogP contribution is 2.22. The monoisotopic (exact) mass is 253 g/mol. The molecular formula is C10H11F4NO2. The van der Waals surface area contributed by atoms with E-state index in [0.717, 1.165) is 13.8 Å². The van der Waals surface area contributed by atoms with Gasteiger partial charge >= 0.3 is 0 Å². The number of carboxylic acid groups (broad SMARTS) is 1. The summed E-state index contributed by atoms with van der Waals surface area (Å²) in [6.45, 7) is 1.62. The molecule has 0 aliphatic carbocycles. The van der Waals surface area contributed by atoms with Crippen LogP contribution in [0.3, 0.4) is 0 Å². The van der Waals surface area contributed by atoms with Gasteiger partial charge in [-0.2, -0.15) is 0 Å². The predicted octanol–water partition coefficient (Wildman–Crippen LogP) is 0.0495. The van der Waals surface area contributed by atoms with Crippen molar-refractivity contribution in [1.82, 2.24) is 0 Å². The Balaban J connectivity index is 0.000000557. The van der Waals surface area contributed by atoms with Crippen molar-refractivity contribution in [3.05, 3.63) is 34.4 Å². The third-order valence-electron chi connectivity index (χ3n) is 1.82. The summed E-state index contributed by atoms with van der Waals surface area (Å²) in [7, 11) is 0. The maximum atomic E-state index is 12.9. The molecule has 0 amide bonds. The molecule has 0 fully saturated rings. The molecule has 3 N–H and O–H groups in total. The number of benzene rings is 1. The second-order valence-electron chi connectivity index (χ2n) is 3.10. The van der Waals surface area contributed by atoms with Crippen LogP contribution < -0.4 is 10.8 Å². The van der Waals surface area contributed by atoms with Crippen molar-refractivity contribution >= 4 is 5.97 Å². The van der Waals surface area contributed by atoms with Crippen LogP contribution in [-0.2, 0) is 11.3 Å². The van der Waals surface area contributed by atoms with Gasteiger partial charge in [0.25, 0.3) is 0 Å². The van der Waals surface area contributed by atoms with Gasteiger partial charge in [0.05, 0.1) is 5.56 Å². The number of carbonyl (C=O) groups is 1. The molecule has 1 aromatic carbocycles. The van der Waals surface area contributed by atoms with Gasteiger partial charge in [0.1, 0.15) is 6.54 Å². The molecule has 0 radical (unpaired) electrons. The lowest BCUT2D eigenvalue weighted by Crippen LogP contribution is -2.48. The first-order chi connectivity index (χ1) is 7.73. The summed E-state index contributed by atoms with van der Waals surface area (Å²) in [5.74, 6) is -6.49. The topological polar surface area (TPSA) is 67.8 Å². The van der Waals surface area contributed by atoms with Gasteiger partial charge in [0.15, 0.2) is 23.3 Å². The van der Waals surface area contributed by atoms with Gasteiger partial charge in [0.2, 0.25) is 0 Å². The molecular weight excluding hydrogens is 242 g/mol. The quantitative estimate of drug-likeness (QED) is 0.567. The average molecular weight is 253 g/mol. The first-order valence-corrected chi connectivity index (χ1v) is 4.52. The Hall–Kier alpha value is -1.63. The molecule has 1 aromatic rings. The van der Waals surface area contributed by atoms with Gasteiger partial charge in [-0.05, 0) is 13.8 Å². The highest BCUT2D eigenvalue weighted by atomic mass is 19.2. The Morgan fingerprint density at radius 1 is 1.12 bits per heavy atom. The van der Waals surface area contributed by atoms with E-state index in [-0.39, 0.29) is 6.54 Å². The van der Waals surface area contributed by atoms with Crippen LogP contribution in [0.1, 0.15) is 18.1 Å². The zero-order chi connectivity index (χ0) is 13.7. The van der Waals surface area contributed by atoms with Crippen LogP contribution in [0.4, 0.5) is 17.6 Å². The van der Waals surface area contributed by atoms with E-state index in [1.165, 1.54) is 0 Å². The van der Waals surface area contributed by atoms with E-state index in [4.69, 9.17) is 9.90 Å². The molecule has 0 atom stereocenters. The molecule has 0 aromatic heterocycles. The van der Waals surface area contributed by atoms with Crippen LogP contribution in [0.2, 0.25) is 0 Å². The Morgan fingerprint density at radius 2 is 1.41 bits per heavy atom. The standard InChI is InChI=1S/C8H7F4N.C2H4O2/c1-3-5(9)7(11)4(2-13)8(12)6(3)10;1-2(3)4/h2,13H2,1H3;1H3,(H,3,4). The van der Waals surface area contributed by atoms with Crippen molar-refractivity contribution in [3.8, 4) is 0 Å². The Labute approximate surface area is 94.9 Å². The first kappa shape index (κ1) is 15.4. The molecule has 1 rings (SSSR count). The van der Waals surface area contributed by atoms with E-state index >= 15 is 0 Å². The zero-order valence-electron chi connectivity index (χ0n) is 9.24. The van der Waals surface area contributed by atoms with Crippen molar-refractivity contribution in [2.75, 3.05) is 0 Å². The third-order valence-corrected chi connectivity index (χ3v) is 1.82. The molecule has 0 bridgehead atoms. The van der Waals surface area contributed by atoms with Gasteiger partial charge in [-0.25, -0.2) is 17.6 Å². The van der Waals surface area contributed by atoms with Crippen LogP contribution in [0.15, 0.2) is 0 Å². The SMILES string of the molecule is CC(=O)[O-].Cc1c(F)c(F)c(C[NH3+])c(F)c1F. The summed E-state index contributed by atoms with van der Waals surface area (Å²) in [6.07, 6.45) is 0. The van der Waals surface area contributed by atoms with E-state index < -0.39 is 40.4 Å². The second-order valence-corrected chi connectivity index (χ2v) is 3.10. The fraction of sp³-hybridized carbons (Fsp3) is 0.300. The number of hydrogen-bond donors (Lipinski definition) is 1. The van der Waals surface area contributed by atoms with E-state index in [9.17, 15) is 17.6 Å². The van der Waals surface area contributed by atoms with Crippen molar-refractivity contribution in [3.63, 3.8) is 0 Å². The Bertz CT molecular complexity index is 402. The molecule has 17 heavy (non-hydrogen) atoms. The Kier molecular flexibility index (Phi) is 5.60. The van der Waals surface area contributed by atoms with Crippen LogP contribution in [0.5, 0.6) is 0 Å². The molecule has 0 heterocycles. The van der Waals surface area contributed by atoms with Gasteiger partial charge in [0, 0.05) is 11.5 Å². The number of rotatable bonds is 1. The molecule has 3 nitrogen and oxygen atoms in total. The van der Waals surface area contributed by atoms with E-state index in [2.05, 4.69) is 5.73 Å². The normalized spacial score (nSPS) is 9.59. The van der Waals surface area contributed by atoms with E-state index in [1.807, 2.05) is 0 Å². The number of carbonyl (C=O) groups excluding carboxylic acids is 1. The van der Waals surface area contributed by atoms with Crippen molar-refractivity contribution < 1.29 is 33.2 Å². The van der Waals surface area contributed by atoms with Crippen LogP contribution in [-0.4, -0.2) is 5.97 Å². The summed E-state index contributed by atoms with van der Waals surface area (Å²) in [6, 6.07) is 0. The van der Waals surface area contributed by atoms with Gasteiger partial charge in [-0.1, -0.05) is 0 Å². The summed E-state index contributed by atoms with van der Waals surface area (Å²) >= 11 is 0. The maximum Gasteiger partial charge on any atom is 0.171 e. The summed E-state index contributed by atoms with van der Waals surface area (Å²) in [4.78, 5) is 8.89. The number of carboxylic acids is 1. The first-order valence-electron chi connectivity index (χ1n) is 4.52. The lowest BCUT2D eigenvalue weighted by molar-refractivity contribution is -0.387. The fourth-order valence-electron chi connectivity index (χ4n) is 1.01. The van der Waals surface area contributed by atoms with E-state index in [1.54, 1.807) is 0 Å². The number of hydrogen-bond acceptors (Lipinski definition) is 2. The van der Waals surface area contributed by atoms with Gasteiger partial charge < -0.3 is 15.6 Å². The molecule has 0 spiro atoms. The number of quaternary nitrogens is 1. The minimum atomic E-state index is -1.36. The molecule has 7 heteroatoms. The lowest BCUT2D eigenvalue weighted by atomic mass is 10.1. The van der Waals surface area contributed by atoms with Crippen LogP contribution in [0.25, 0.3) is 0 Å². The fourth-order valence-corrected chi connectivity index (χ4v) is 1.01. The minimum Gasteiger partial charge on any atom is -0.550 e. The lowest BCUT2D eigenvalue weighted by Gasteiger charge is -2.05. The van der Waals surface area contributed by atoms with Crippen molar-refractivity contribution in [1.29, 1.82) is 0 Å². The summed E-state index contributed by atoms with van der Waals surface area (Å²) < 4.78 is 51.4. The highest BCUT2D eigenvalue weighted by Gasteiger charge is 2.22. The third kappa shape index (κ3) is 3.70. The molecule has 0 saturated heterocycles. The van der Waals surface area contributed by atoms with Crippen molar-refractivity contribution in [2.45, 2.75) is 20.4 Å². The summed E-state index contributed by atoms with van der Waals surface area (Å²) in [5.41, 5.74) is 1.88. The maximum absolute atomic E-state index is 12.9. The van der Waals surface area contributed by atoms with Crippen LogP contribution in [0, 0.1) is 30.2 Å². The average Bonchev–Trinajstić information content (AvgIpc) is 2.24. The molecule has 0 aliphatic rings. The number of halogens is 4. The smallest absolute Gasteiger partial charge is 0.171 e. The zero-order valence-corrected chi connectivity index (χ0v) is 9.24. The number of aliphatic carboxylic acids is 1. The molecule has 0 unspecified atom stereocenters. The molecule has 0 saturated carbocycles. The van der Waals surface area contributed by atoms with Crippen LogP contribution >= 0.6 is 0 Å². The molecule has 96 valence electrons. The second kappa shape index (κ2) is 6.19. The minimum absolute atomic E-state index is 0.328. The Morgan fingerprint density at radius 3 is 1.65 bits per heavy atom. The van der Waals surface area contributed by atoms with Gasteiger partial charge in [-0.3, -0.25) is 0 Å². The highest BCUT2D eigenvalue weighted by molar-refractivity contribution is 5.60. The van der Waals surface area contributed by atoms with E-state index in [0.29, 0.717) is 0 Å².